The Labute approximate surface area is 295 Å². The second-order valence-corrected chi connectivity index (χ2v) is 10.3. The van der Waals surface area contributed by atoms with Crippen LogP contribution in [0.3, 0.4) is 0 Å². The molecule has 0 aromatic heterocycles. The lowest BCUT2D eigenvalue weighted by Crippen LogP contribution is -2.47. The first-order valence-corrected chi connectivity index (χ1v) is 17.3. The minimum Gasteiger partial charge on any atom is -0.494 e. The number of allylic oxidation sites excluding steroid dienone is 1. The molecule has 276 valence electrons. The van der Waals surface area contributed by atoms with Crippen molar-refractivity contribution in [3.63, 3.8) is 0 Å². The third kappa shape index (κ3) is 20.2. The summed E-state index contributed by atoms with van der Waals surface area (Å²) in [7, 11) is 3.20. The highest BCUT2D eigenvalue weighted by Gasteiger charge is 2.61. The summed E-state index contributed by atoms with van der Waals surface area (Å²) in [6.45, 7) is 18.8. The molecular weight excluding hydrogens is 624 g/mol. The van der Waals surface area contributed by atoms with E-state index in [4.69, 9.17) is 9.47 Å². The molecule has 1 amide bonds. The highest BCUT2D eigenvalue weighted by atomic mass is 16.6. The smallest absolute Gasteiger partial charge is 0.332 e. The van der Waals surface area contributed by atoms with Crippen LogP contribution in [-0.2, 0) is 40.0 Å². The number of hydrogen-bond donors (Lipinski definition) is 1. The van der Waals surface area contributed by atoms with Gasteiger partial charge >= 0.3 is 11.9 Å². The van der Waals surface area contributed by atoms with Crippen LogP contribution in [0.15, 0.2) is 73.3 Å². The zero-order valence-electron chi connectivity index (χ0n) is 31.3. The average molecular weight is 687 g/mol. The quantitative estimate of drug-likeness (QED) is 0.107. The third-order valence-electron chi connectivity index (χ3n) is 6.82. The Bertz CT molecular complexity index is 1120. The van der Waals surface area contributed by atoms with E-state index in [1.165, 1.54) is 7.11 Å². The van der Waals surface area contributed by atoms with E-state index in [-0.39, 0.29) is 43.6 Å². The molecule has 1 saturated carbocycles. The molecule has 0 radical (unpaired) electrons. The first kappa shape index (κ1) is 47.1. The highest BCUT2D eigenvalue weighted by Crippen LogP contribution is 2.53. The topological polar surface area (TPSA) is 120 Å². The number of esters is 2. The summed E-state index contributed by atoms with van der Waals surface area (Å²) in [6, 6.07) is 19.0. The number of unbranched alkanes of at least 4 members (excludes halogenated alkanes) is 1. The van der Waals surface area contributed by atoms with Gasteiger partial charge in [-0.3, -0.25) is 4.79 Å². The van der Waals surface area contributed by atoms with Crippen molar-refractivity contribution in [3.05, 3.63) is 78.9 Å². The van der Waals surface area contributed by atoms with Crippen molar-refractivity contribution >= 4 is 24.1 Å². The summed E-state index contributed by atoms with van der Waals surface area (Å²) in [5, 5.41) is 2.87. The number of carbonyl (C=O) groups excluding carboxylic acids is 4. The van der Waals surface area contributed by atoms with Crippen LogP contribution >= 0.6 is 0 Å². The lowest BCUT2D eigenvalue weighted by atomic mass is 10.1. The molecule has 4 atom stereocenters. The van der Waals surface area contributed by atoms with Gasteiger partial charge in [0.15, 0.2) is 0 Å². The van der Waals surface area contributed by atoms with E-state index in [0.717, 1.165) is 30.4 Å². The predicted molar refractivity (Wildman–Crippen MR) is 196 cm³/mol. The standard InChI is InChI=1S/C17H22N2O3.C10H12O2.C5H10O3.C3H6.2C2H6/c1-11-13-8-14(19(16(11)13)15(20)9-18-2)17(21)22-10-12-6-4-3-5-7-12;11-8-4-5-9-12-10-6-2-1-3-7-10;1-3-8-5(6)4-7-2;1-3-2;2*1-2/h3-7,11,13-14,16,18H,8-10H2,1-2H3;1-3,6-8H,4-5,9H2;3-4H2,1-2H3;3H,1H2,2H3;2*1-2H3. The van der Waals surface area contributed by atoms with E-state index in [0.29, 0.717) is 31.5 Å². The summed E-state index contributed by atoms with van der Waals surface area (Å²) >= 11 is 0. The van der Waals surface area contributed by atoms with Gasteiger partial charge < -0.3 is 34.0 Å². The molecule has 1 aliphatic carbocycles. The van der Waals surface area contributed by atoms with E-state index < -0.39 is 6.04 Å². The molecule has 4 rings (SSSR count). The van der Waals surface area contributed by atoms with Crippen LogP contribution in [0.4, 0.5) is 0 Å². The molecule has 2 aromatic carbocycles. The minimum atomic E-state index is -0.421. The molecule has 2 fully saturated rings. The minimum absolute atomic E-state index is 0.0130. The monoisotopic (exact) mass is 686 g/mol. The van der Waals surface area contributed by atoms with Gasteiger partial charge in [0, 0.05) is 19.6 Å². The van der Waals surface area contributed by atoms with Gasteiger partial charge in [-0.2, -0.15) is 0 Å². The number of rotatable bonds is 13. The molecule has 2 aromatic rings. The second-order valence-electron chi connectivity index (χ2n) is 10.3. The van der Waals surface area contributed by atoms with Gasteiger partial charge in [-0.05, 0) is 63.3 Å². The lowest BCUT2D eigenvalue weighted by Gasteiger charge is -2.27. The fraction of sp³-hybridized carbons (Fsp3) is 0.538. The highest BCUT2D eigenvalue weighted by molar-refractivity contribution is 5.87. The van der Waals surface area contributed by atoms with Gasteiger partial charge in [-0.15, -0.1) is 6.58 Å². The van der Waals surface area contributed by atoms with Gasteiger partial charge in [0.2, 0.25) is 5.91 Å². The fourth-order valence-corrected chi connectivity index (χ4v) is 4.73. The van der Waals surface area contributed by atoms with Crippen LogP contribution in [-0.4, -0.2) is 81.6 Å². The molecule has 1 aliphatic heterocycles. The second kappa shape index (κ2) is 31.3. The fourth-order valence-electron chi connectivity index (χ4n) is 4.73. The number of methoxy groups -OCH3 is 1. The summed E-state index contributed by atoms with van der Waals surface area (Å²) < 4.78 is 19.8. The van der Waals surface area contributed by atoms with E-state index in [2.05, 4.69) is 28.3 Å². The van der Waals surface area contributed by atoms with Crippen LogP contribution in [0.5, 0.6) is 5.75 Å². The number of ether oxygens (including phenoxy) is 4. The molecule has 0 bridgehead atoms. The van der Waals surface area contributed by atoms with Crippen LogP contribution in [0.1, 0.15) is 73.3 Å². The number of hydrogen-bond acceptors (Lipinski definition) is 9. The zero-order valence-corrected chi connectivity index (χ0v) is 31.3. The van der Waals surface area contributed by atoms with E-state index >= 15 is 0 Å². The first-order valence-electron chi connectivity index (χ1n) is 17.3. The number of aldehydes is 1. The Hall–Kier alpha value is -4.02. The Kier molecular flexibility index (Phi) is 30.0. The Morgan fingerprint density at radius 1 is 0.980 bits per heavy atom. The lowest BCUT2D eigenvalue weighted by molar-refractivity contribution is -0.155. The summed E-state index contributed by atoms with van der Waals surface area (Å²) in [6.07, 6.45) is 4.76. The Balaban J connectivity index is 0. The number of fused-ring (bicyclic) bond motifs is 1. The van der Waals surface area contributed by atoms with E-state index in [1.54, 1.807) is 24.9 Å². The molecule has 1 N–H and O–H groups in total. The molecule has 10 nitrogen and oxygen atoms in total. The summed E-state index contributed by atoms with van der Waals surface area (Å²) in [5.41, 5.74) is 0.959. The molecule has 2 aliphatic rings. The number of carbonyl (C=O) groups is 4. The first-order chi connectivity index (χ1) is 23.8. The number of piperidine rings is 1. The van der Waals surface area contributed by atoms with Crippen LogP contribution in [0.25, 0.3) is 0 Å². The van der Waals surface area contributed by atoms with Crippen LogP contribution in [0.2, 0.25) is 0 Å². The van der Waals surface area contributed by atoms with E-state index in [1.807, 2.05) is 95.3 Å². The molecule has 1 saturated heterocycles. The molecule has 1 heterocycles. The maximum absolute atomic E-state index is 12.4. The van der Waals surface area contributed by atoms with Crippen LogP contribution < -0.4 is 10.1 Å². The number of likely N-dealkylation sites (N-methyl/N-ethyl adjacent to an activating group) is 1. The van der Waals surface area contributed by atoms with Crippen molar-refractivity contribution in [1.29, 1.82) is 0 Å². The number of para-hydroxylation sites is 1. The van der Waals surface area contributed by atoms with Crippen molar-refractivity contribution in [2.75, 3.05) is 40.5 Å². The van der Waals surface area contributed by atoms with Gasteiger partial charge in [-0.25, -0.2) is 9.59 Å². The molecule has 4 unspecified atom stereocenters. The molecule has 0 spiro atoms. The van der Waals surface area contributed by atoms with Crippen molar-refractivity contribution in [2.45, 2.75) is 86.4 Å². The largest absolute Gasteiger partial charge is 0.494 e. The molecule has 10 heteroatoms. The Morgan fingerprint density at radius 2 is 1.55 bits per heavy atom. The average Bonchev–Trinajstić information content (AvgIpc) is 3.55. The van der Waals surface area contributed by atoms with Gasteiger partial charge in [-0.1, -0.05) is 89.2 Å². The number of likely N-dealkylation sites (tertiary alicyclic amines) is 1. The SMILES string of the molecule is C=CC.CC.CC.CCOC(=O)COC.CNCC(=O)N1C(C(=O)OCc2ccccc2)CC2C(C)C21.O=CCCCOc1ccccc1. The van der Waals surface area contributed by atoms with Crippen molar-refractivity contribution < 1.29 is 38.1 Å². The maximum atomic E-state index is 12.4. The van der Waals surface area contributed by atoms with Crippen LogP contribution in [0, 0.1) is 11.8 Å². The number of nitrogens with one attached hydrogen (secondary N) is 1. The van der Waals surface area contributed by atoms with Crippen molar-refractivity contribution in [3.8, 4) is 5.75 Å². The van der Waals surface area contributed by atoms with Gasteiger partial charge in [0.25, 0.3) is 0 Å². The van der Waals surface area contributed by atoms with E-state index in [9.17, 15) is 19.2 Å². The van der Waals surface area contributed by atoms with Gasteiger partial charge in [0.1, 0.15) is 31.3 Å². The van der Waals surface area contributed by atoms with Crippen molar-refractivity contribution in [1.82, 2.24) is 10.2 Å². The number of nitrogens with zero attached hydrogens (tertiary/aromatic N) is 1. The predicted octanol–water partition coefficient (Wildman–Crippen LogP) is 6.67. The summed E-state index contributed by atoms with van der Waals surface area (Å²) in [4.78, 5) is 46.7. The normalized spacial score (nSPS) is 17.3. The summed E-state index contributed by atoms with van der Waals surface area (Å²) in [5.74, 6) is 1.21. The number of amides is 1. The number of benzene rings is 2. The Morgan fingerprint density at radius 3 is 2.06 bits per heavy atom. The van der Waals surface area contributed by atoms with Crippen molar-refractivity contribution in [2.24, 2.45) is 11.8 Å². The molecular formula is C39H62N2O8. The maximum Gasteiger partial charge on any atom is 0.332 e. The zero-order chi connectivity index (χ0) is 37.5. The molecule has 49 heavy (non-hydrogen) atoms. The van der Waals surface area contributed by atoms with Gasteiger partial charge in [0.05, 0.1) is 19.8 Å². The third-order valence-corrected chi connectivity index (χ3v) is 6.82.